The lowest BCUT2D eigenvalue weighted by atomic mass is 10.1. The van der Waals surface area contributed by atoms with E-state index in [0.717, 1.165) is 18.4 Å². The number of nitrogens with one attached hydrogen (secondary N) is 2. The fourth-order valence-corrected chi connectivity index (χ4v) is 4.60. The monoisotopic (exact) mass is 488 g/mol. The van der Waals surface area contributed by atoms with E-state index in [9.17, 15) is 18.0 Å². The number of aromatic amines is 1. The average Bonchev–Trinajstić information content (AvgIpc) is 3.29. The Bertz CT molecular complexity index is 1410. The van der Waals surface area contributed by atoms with Crippen LogP contribution >= 0.6 is 12.2 Å². The molecule has 33 heavy (non-hydrogen) atoms. The zero-order valence-corrected chi connectivity index (χ0v) is 19.4. The van der Waals surface area contributed by atoms with E-state index in [2.05, 4.69) is 10.3 Å². The summed E-state index contributed by atoms with van der Waals surface area (Å²) in [6, 6.07) is 11.0. The molecule has 0 saturated carbocycles. The SMILES string of the molecule is NS(=O)(=O)c1ccc(CCNC(=O)c2ccc3c(=O)n(CC4CCCO4)c(=S)[nH]c3c2)cc1. The molecule has 1 amide bonds. The lowest BCUT2D eigenvalue weighted by Gasteiger charge is -2.13. The number of benzene rings is 2. The Kier molecular flexibility index (Phi) is 6.75. The van der Waals surface area contributed by atoms with Crippen molar-refractivity contribution in [2.75, 3.05) is 13.2 Å². The van der Waals surface area contributed by atoms with Crippen molar-refractivity contribution in [2.24, 2.45) is 5.14 Å². The second kappa shape index (κ2) is 9.56. The predicted octanol–water partition coefficient (Wildman–Crippen LogP) is 1.86. The summed E-state index contributed by atoms with van der Waals surface area (Å²) >= 11 is 5.37. The van der Waals surface area contributed by atoms with Crippen molar-refractivity contribution in [1.82, 2.24) is 14.9 Å². The highest BCUT2D eigenvalue weighted by atomic mass is 32.2. The number of fused-ring (bicyclic) bond motifs is 1. The number of hydrogen-bond acceptors (Lipinski definition) is 6. The maximum absolute atomic E-state index is 12.9. The summed E-state index contributed by atoms with van der Waals surface area (Å²) in [5.41, 5.74) is 1.55. The second-order valence-corrected chi connectivity index (χ2v) is 9.88. The van der Waals surface area contributed by atoms with Crippen molar-refractivity contribution >= 4 is 39.1 Å². The molecule has 174 valence electrons. The minimum absolute atomic E-state index is 0.0174. The molecule has 0 spiro atoms. The average molecular weight is 489 g/mol. The molecular formula is C22H24N4O5S2. The van der Waals surface area contributed by atoms with Gasteiger partial charge in [0.2, 0.25) is 10.0 Å². The Morgan fingerprint density at radius 1 is 1.24 bits per heavy atom. The van der Waals surface area contributed by atoms with Crippen LogP contribution in [0.1, 0.15) is 28.8 Å². The van der Waals surface area contributed by atoms with Gasteiger partial charge in [0.15, 0.2) is 4.77 Å². The highest BCUT2D eigenvalue weighted by Gasteiger charge is 2.18. The van der Waals surface area contributed by atoms with Crippen molar-refractivity contribution < 1.29 is 17.9 Å². The Balaban J connectivity index is 1.44. The number of carbonyl (C=O) groups is 1. The standard InChI is InChI=1S/C22H24N4O5S2/c23-33(29,30)17-6-3-14(4-7-17)9-10-24-20(27)15-5-8-18-19(12-15)25-22(32)26(21(18)28)13-16-2-1-11-31-16/h3-8,12,16H,1-2,9-11,13H2,(H,24,27)(H,25,32)(H2,23,29,30). The highest BCUT2D eigenvalue weighted by Crippen LogP contribution is 2.15. The Labute approximate surface area is 195 Å². The number of carbonyl (C=O) groups excluding carboxylic acids is 1. The first-order chi connectivity index (χ1) is 15.7. The molecule has 11 heteroatoms. The molecule has 1 aromatic heterocycles. The van der Waals surface area contributed by atoms with E-state index in [1.165, 1.54) is 16.7 Å². The van der Waals surface area contributed by atoms with Crippen LogP contribution in [0.5, 0.6) is 0 Å². The van der Waals surface area contributed by atoms with Crippen LogP contribution in [0.3, 0.4) is 0 Å². The third-order valence-corrected chi connectivity index (χ3v) is 6.86. The van der Waals surface area contributed by atoms with Crippen molar-refractivity contribution in [1.29, 1.82) is 0 Å². The first-order valence-electron chi connectivity index (χ1n) is 10.5. The van der Waals surface area contributed by atoms with Gasteiger partial charge in [-0.25, -0.2) is 13.6 Å². The van der Waals surface area contributed by atoms with Crippen molar-refractivity contribution in [3.8, 4) is 0 Å². The highest BCUT2D eigenvalue weighted by molar-refractivity contribution is 7.89. The predicted molar refractivity (Wildman–Crippen MR) is 126 cm³/mol. The van der Waals surface area contributed by atoms with Crippen LogP contribution in [-0.4, -0.2) is 43.1 Å². The maximum atomic E-state index is 12.9. The van der Waals surface area contributed by atoms with Crippen LogP contribution in [0.25, 0.3) is 10.9 Å². The lowest BCUT2D eigenvalue weighted by Crippen LogP contribution is -2.28. The van der Waals surface area contributed by atoms with Crippen LogP contribution in [0, 0.1) is 4.77 Å². The first-order valence-corrected chi connectivity index (χ1v) is 12.5. The lowest BCUT2D eigenvalue weighted by molar-refractivity contribution is 0.0953. The van der Waals surface area contributed by atoms with Gasteiger partial charge in [-0.2, -0.15) is 0 Å². The minimum Gasteiger partial charge on any atom is -0.376 e. The minimum atomic E-state index is -3.73. The quantitative estimate of drug-likeness (QED) is 0.434. The zero-order chi connectivity index (χ0) is 23.6. The van der Waals surface area contributed by atoms with Gasteiger partial charge in [-0.05, 0) is 67.4 Å². The molecule has 2 aromatic carbocycles. The van der Waals surface area contributed by atoms with E-state index in [-0.39, 0.29) is 22.5 Å². The Morgan fingerprint density at radius 2 is 2.00 bits per heavy atom. The summed E-state index contributed by atoms with van der Waals surface area (Å²) in [6.07, 6.45) is 2.37. The topological polar surface area (TPSA) is 136 Å². The summed E-state index contributed by atoms with van der Waals surface area (Å²) in [5.74, 6) is -0.291. The molecule has 2 heterocycles. The number of sulfonamides is 1. The zero-order valence-electron chi connectivity index (χ0n) is 17.7. The van der Waals surface area contributed by atoms with Gasteiger partial charge in [-0.15, -0.1) is 0 Å². The Morgan fingerprint density at radius 3 is 2.67 bits per heavy atom. The molecule has 1 fully saturated rings. The van der Waals surface area contributed by atoms with Gasteiger partial charge in [0, 0.05) is 18.7 Å². The van der Waals surface area contributed by atoms with E-state index in [1.807, 2.05) is 0 Å². The molecule has 3 aromatic rings. The van der Waals surface area contributed by atoms with E-state index in [0.29, 0.717) is 47.4 Å². The van der Waals surface area contributed by atoms with Gasteiger partial charge in [0.1, 0.15) is 0 Å². The van der Waals surface area contributed by atoms with Crippen molar-refractivity contribution in [3.05, 3.63) is 68.7 Å². The molecule has 4 N–H and O–H groups in total. The molecule has 0 radical (unpaired) electrons. The fourth-order valence-electron chi connectivity index (χ4n) is 3.82. The van der Waals surface area contributed by atoms with Gasteiger partial charge >= 0.3 is 0 Å². The molecule has 4 rings (SSSR count). The molecule has 1 atom stereocenters. The summed E-state index contributed by atoms with van der Waals surface area (Å²) < 4.78 is 30.1. The van der Waals surface area contributed by atoms with E-state index < -0.39 is 10.0 Å². The number of H-pyrrole nitrogens is 1. The number of primary sulfonamides is 1. The second-order valence-electron chi connectivity index (χ2n) is 7.94. The van der Waals surface area contributed by atoms with Crippen LogP contribution in [0.15, 0.2) is 52.2 Å². The third-order valence-electron chi connectivity index (χ3n) is 5.61. The molecule has 1 aliphatic heterocycles. The van der Waals surface area contributed by atoms with E-state index in [4.69, 9.17) is 22.1 Å². The largest absolute Gasteiger partial charge is 0.376 e. The van der Waals surface area contributed by atoms with Crippen molar-refractivity contribution in [2.45, 2.75) is 36.8 Å². The molecule has 0 aliphatic carbocycles. The molecule has 1 aliphatic rings. The number of nitrogens with zero attached hydrogens (tertiary/aromatic N) is 1. The normalized spacial score (nSPS) is 16.2. The first kappa shape index (κ1) is 23.3. The van der Waals surface area contributed by atoms with Gasteiger partial charge in [0.05, 0.1) is 28.4 Å². The van der Waals surface area contributed by atoms with Crippen LogP contribution in [0.2, 0.25) is 0 Å². The Hall–Kier alpha value is -2.86. The molecule has 9 nitrogen and oxygen atoms in total. The summed E-state index contributed by atoms with van der Waals surface area (Å²) in [4.78, 5) is 28.6. The van der Waals surface area contributed by atoms with Crippen molar-refractivity contribution in [3.63, 3.8) is 0 Å². The summed E-state index contributed by atoms with van der Waals surface area (Å²) in [5, 5.41) is 8.37. The number of ether oxygens (including phenoxy) is 1. The van der Waals surface area contributed by atoms with Gasteiger partial charge in [-0.3, -0.25) is 14.2 Å². The van der Waals surface area contributed by atoms with Gasteiger partial charge in [0.25, 0.3) is 11.5 Å². The van der Waals surface area contributed by atoms with Crippen LogP contribution in [-0.2, 0) is 27.7 Å². The third kappa shape index (κ3) is 5.38. The number of aromatic nitrogens is 2. The summed E-state index contributed by atoms with van der Waals surface area (Å²) in [7, 11) is -3.73. The molecule has 1 unspecified atom stereocenters. The number of nitrogens with two attached hydrogens (primary N) is 1. The van der Waals surface area contributed by atoms with E-state index in [1.54, 1.807) is 30.3 Å². The molecule has 0 bridgehead atoms. The maximum Gasteiger partial charge on any atom is 0.262 e. The smallest absolute Gasteiger partial charge is 0.262 e. The fraction of sp³-hybridized carbons (Fsp3) is 0.318. The van der Waals surface area contributed by atoms with Crippen LogP contribution < -0.4 is 16.0 Å². The molecular weight excluding hydrogens is 464 g/mol. The molecule has 1 saturated heterocycles. The van der Waals surface area contributed by atoms with E-state index >= 15 is 0 Å². The van der Waals surface area contributed by atoms with Gasteiger partial charge in [-0.1, -0.05) is 12.1 Å². The van der Waals surface area contributed by atoms with Crippen LogP contribution in [0.4, 0.5) is 0 Å². The number of hydrogen-bond donors (Lipinski definition) is 3. The summed E-state index contributed by atoms with van der Waals surface area (Å²) in [6.45, 7) is 1.46. The van der Waals surface area contributed by atoms with Gasteiger partial charge < -0.3 is 15.0 Å². The number of rotatable bonds is 7. The number of amides is 1.